The molecule has 24 heavy (non-hydrogen) atoms. The number of nitrogens with zero attached hydrogens (tertiary/aromatic N) is 2. The van der Waals surface area contributed by atoms with E-state index in [0.29, 0.717) is 18.5 Å². The van der Waals surface area contributed by atoms with Crippen LogP contribution in [0.3, 0.4) is 0 Å². The molecule has 2 aromatic carbocycles. The zero-order valence-electron chi connectivity index (χ0n) is 12.5. The molecule has 0 radical (unpaired) electrons. The van der Waals surface area contributed by atoms with Gasteiger partial charge in [-0.05, 0) is 31.2 Å². The third-order valence-electron chi connectivity index (χ3n) is 2.97. The number of hydrogen-bond donors (Lipinski definition) is 0. The Hall–Kier alpha value is -3.49. The van der Waals surface area contributed by atoms with Gasteiger partial charge in [0.25, 0.3) is 5.69 Å². The molecule has 9 heteroatoms. The Morgan fingerprint density at radius 1 is 1.00 bits per heavy atom. The SMILES string of the molecule is CCOc1cc(C=O)ccc1Oc1ccc([N+](=O)[O-])cc1[N+](=O)[O-]. The molecule has 0 amide bonds. The van der Waals surface area contributed by atoms with Crippen LogP contribution in [-0.2, 0) is 0 Å². The highest BCUT2D eigenvalue weighted by Crippen LogP contribution is 2.38. The van der Waals surface area contributed by atoms with Crippen LogP contribution in [0.15, 0.2) is 36.4 Å². The van der Waals surface area contributed by atoms with Crippen LogP contribution < -0.4 is 9.47 Å². The Labute approximate surface area is 135 Å². The number of ether oxygens (including phenoxy) is 2. The first-order valence-corrected chi connectivity index (χ1v) is 6.79. The molecule has 0 aromatic heterocycles. The van der Waals surface area contributed by atoms with Gasteiger partial charge in [-0.25, -0.2) is 0 Å². The summed E-state index contributed by atoms with van der Waals surface area (Å²) in [6.07, 6.45) is 0.626. The van der Waals surface area contributed by atoms with Crippen molar-refractivity contribution in [1.29, 1.82) is 0 Å². The van der Waals surface area contributed by atoms with Gasteiger partial charge in [-0.1, -0.05) is 0 Å². The molecule has 0 saturated heterocycles. The highest BCUT2D eigenvalue weighted by atomic mass is 16.6. The molecule has 0 N–H and O–H groups in total. The Kier molecular flexibility index (Phi) is 5.05. The number of rotatable bonds is 7. The van der Waals surface area contributed by atoms with Crippen LogP contribution in [0.1, 0.15) is 17.3 Å². The van der Waals surface area contributed by atoms with E-state index in [9.17, 15) is 25.0 Å². The van der Waals surface area contributed by atoms with Crippen LogP contribution in [0.2, 0.25) is 0 Å². The van der Waals surface area contributed by atoms with E-state index in [1.54, 1.807) is 6.92 Å². The number of carbonyl (C=O) groups excluding carboxylic acids is 1. The standard InChI is InChI=1S/C15H12N2O7/c1-2-23-15-7-10(9-18)3-5-14(15)24-13-6-4-11(16(19)20)8-12(13)17(21)22/h3-9H,2H2,1H3. The summed E-state index contributed by atoms with van der Waals surface area (Å²) < 4.78 is 10.8. The molecular formula is C15H12N2O7. The lowest BCUT2D eigenvalue weighted by Gasteiger charge is -2.12. The molecule has 2 rings (SSSR count). The molecule has 0 spiro atoms. The maximum Gasteiger partial charge on any atom is 0.318 e. The van der Waals surface area contributed by atoms with Crippen molar-refractivity contribution in [3.8, 4) is 17.2 Å². The minimum absolute atomic E-state index is 0.152. The predicted octanol–water partition coefficient (Wildman–Crippen LogP) is 3.51. The summed E-state index contributed by atoms with van der Waals surface area (Å²) in [4.78, 5) is 31.2. The number of nitro benzene ring substituents is 2. The van der Waals surface area contributed by atoms with E-state index in [-0.39, 0.29) is 17.2 Å². The van der Waals surface area contributed by atoms with Gasteiger partial charge in [0.15, 0.2) is 11.5 Å². The normalized spacial score (nSPS) is 10.0. The quantitative estimate of drug-likeness (QED) is 0.432. The summed E-state index contributed by atoms with van der Waals surface area (Å²) in [5.74, 6) is 0.208. The van der Waals surface area contributed by atoms with E-state index in [1.807, 2.05) is 0 Å². The minimum atomic E-state index is -0.775. The highest BCUT2D eigenvalue weighted by molar-refractivity contribution is 5.76. The smallest absolute Gasteiger partial charge is 0.318 e. The molecule has 0 aliphatic carbocycles. The van der Waals surface area contributed by atoms with Gasteiger partial charge in [-0.3, -0.25) is 25.0 Å². The molecule has 0 bridgehead atoms. The first-order valence-electron chi connectivity index (χ1n) is 6.79. The number of carbonyl (C=O) groups is 1. The molecule has 0 fully saturated rings. The van der Waals surface area contributed by atoms with Crippen LogP contribution in [0.5, 0.6) is 17.2 Å². The second-order valence-corrected chi connectivity index (χ2v) is 4.53. The fourth-order valence-electron chi connectivity index (χ4n) is 1.92. The minimum Gasteiger partial charge on any atom is -0.490 e. The van der Waals surface area contributed by atoms with Gasteiger partial charge in [0, 0.05) is 11.6 Å². The first kappa shape index (κ1) is 16.9. The van der Waals surface area contributed by atoms with Crippen LogP contribution in [0, 0.1) is 20.2 Å². The van der Waals surface area contributed by atoms with Crippen molar-refractivity contribution < 1.29 is 24.1 Å². The average molecular weight is 332 g/mol. The maximum absolute atomic E-state index is 11.1. The van der Waals surface area contributed by atoms with Gasteiger partial charge >= 0.3 is 5.69 Å². The lowest BCUT2D eigenvalue weighted by molar-refractivity contribution is -0.394. The van der Waals surface area contributed by atoms with Gasteiger partial charge in [-0.2, -0.15) is 0 Å². The van der Waals surface area contributed by atoms with Gasteiger partial charge in [-0.15, -0.1) is 0 Å². The number of benzene rings is 2. The Morgan fingerprint density at radius 3 is 2.29 bits per heavy atom. The second-order valence-electron chi connectivity index (χ2n) is 4.53. The largest absolute Gasteiger partial charge is 0.490 e. The van der Waals surface area contributed by atoms with Gasteiger partial charge in [0.2, 0.25) is 5.75 Å². The molecular weight excluding hydrogens is 320 g/mol. The van der Waals surface area contributed by atoms with E-state index in [4.69, 9.17) is 9.47 Å². The van der Waals surface area contributed by atoms with E-state index in [1.165, 1.54) is 18.2 Å². The summed E-state index contributed by atoms with van der Waals surface area (Å²) in [6, 6.07) is 7.38. The zero-order chi connectivity index (χ0) is 17.7. The van der Waals surface area contributed by atoms with Crippen LogP contribution in [-0.4, -0.2) is 22.7 Å². The Morgan fingerprint density at radius 2 is 1.71 bits per heavy atom. The number of non-ortho nitro benzene ring substituents is 1. The average Bonchev–Trinajstić information content (AvgIpc) is 2.56. The predicted molar refractivity (Wildman–Crippen MR) is 82.8 cm³/mol. The molecule has 2 aromatic rings. The molecule has 0 unspecified atom stereocenters. The highest BCUT2D eigenvalue weighted by Gasteiger charge is 2.22. The fraction of sp³-hybridized carbons (Fsp3) is 0.133. The van der Waals surface area contributed by atoms with E-state index >= 15 is 0 Å². The fourth-order valence-corrected chi connectivity index (χ4v) is 1.92. The molecule has 0 atom stereocenters. The third kappa shape index (κ3) is 3.64. The van der Waals surface area contributed by atoms with Crippen molar-refractivity contribution in [2.45, 2.75) is 6.92 Å². The molecule has 0 aliphatic rings. The molecule has 0 aliphatic heterocycles. The Balaban J connectivity index is 2.45. The number of nitro groups is 2. The monoisotopic (exact) mass is 332 g/mol. The summed E-state index contributed by atoms with van der Waals surface area (Å²) >= 11 is 0. The van der Waals surface area contributed by atoms with Gasteiger partial charge in [0.1, 0.15) is 6.29 Å². The van der Waals surface area contributed by atoms with E-state index in [0.717, 1.165) is 18.2 Å². The summed E-state index contributed by atoms with van der Waals surface area (Å²) in [5, 5.41) is 21.9. The molecule has 9 nitrogen and oxygen atoms in total. The summed E-state index contributed by atoms with van der Waals surface area (Å²) in [7, 11) is 0. The lowest BCUT2D eigenvalue weighted by Crippen LogP contribution is -1.99. The lowest BCUT2D eigenvalue weighted by atomic mass is 10.2. The van der Waals surface area contributed by atoms with Crippen molar-refractivity contribution in [2.75, 3.05) is 6.61 Å². The number of hydrogen-bond acceptors (Lipinski definition) is 7. The van der Waals surface area contributed by atoms with Crippen molar-refractivity contribution in [2.24, 2.45) is 0 Å². The zero-order valence-corrected chi connectivity index (χ0v) is 12.5. The van der Waals surface area contributed by atoms with E-state index in [2.05, 4.69) is 0 Å². The second kappa shape index (κ2) is 7.18. The van der Waals surface area contributed by atoms with Gasteiger partial charge in [0.05, 0.1) is 22.5 Å². The van der Waals surface area contributed by atoms with Crippen molar-refractivity contribution in [3.63, 3.8) is 0 Å². The first-order chi connectivity index (χ1) is 11.5. The van der Waals surface area contributed by atoms with Crippen LogP contribution in [0.4, 0.5) is 11.4 Å². The summed E-state index contributed by atoms with van der Waals surface area (Å²) in [6.45, 7) is 2.02. The van der Waals surface area contributed by atoms with Gasteiger partial charge < -0.3 is 9.47 Å². The summed E-state index contributed by atoms with van der Waals surface area (Å²) in [5.41, 5.74) is -0.620. The van der Waals surface area contributed by atoms with Crippen LogP contribution in [0.25, 0.3) is 0 Å². The topological polar surface area (TPSA) is 122 Å². The molecule has 0 heterocycles. The number of aldehydes is 1. The molecule has 124 valence electrons. The third-order valence-corrected chi connectivity index (χ3v) is 2.97. The van der Waals surface area contributed by atoms with Crippen molar-refractivity contribution >= 4 is 17.7 Å². The van der Waals surface area contributed by atoms with Crippen LogP contribution >= 0.6 is 0 Å². The van der Waals surface area contributed by atoms with Crippen molar-refractivity contribution in [1.82, 2.24) is 0 Å². The maximum atomic E-state index is 11.1. The van der Waals surface area contributed by atoms with E-state index < -0.39 is 21.2 Å². The van der Waals surface area contributed by atoms with Crippen molar-refractivity contribution in [3.05, 3.63) is 62.2 Å². The Bertz CT molecular complexity index is 804. The molecule has 0 saturated carbocycles.